The minimum atomic E-state index is 0.0151. The molecule has 1 aliphatic heterocycles. The summed E-state index contributed by atoms with van der Waals surface area (Å²) >= 11 is 0. The Balaban J connectivity index is 1.50. The number of guanidine groups is 1. The SMILES string of the molecule is CCOCCC1(CNC(=NCC(=O)N(C)C)NC2CCN(Cc3ccccc3)CC2)CC1. The zero-order chi connectivity index (χ0) is 22.8. The Morgan fingerprint density at radius 1 is 1.22 bits per heavy atom. The van der Waals surface area contributed by atoms with Gasteiger partial charge in [0, 0.05) is 59.5 Å². The van der Waals surface area contributed by atoms with Crippen molar-refractivity contribution in [3.05, 3.63) is 35.9 Å². The van der Waals surface area contributed by atoms with Gasteiger partial charge in [0.2, 0.25) is 5.91 Å². The van der Waals surface area contributed by atoms with Gasteiger partial charge in [-0.2, -0.15) is 0 Å². The van der Waals surface area contributed by atoms with Crippen molar-refractivity contribution in [1.82, 2.24) is 20.4 Å². The number of rotatable bonds is 11. The third-order valence-corrected chi connectivity index (χ3v) is 6.62. The summed E-state index contributed by atoms with van der Waals surface area (Å²) < 4.78 is 5.57. The maximum absolute atomic E-state index is 12.1. The maximum Gasteiger partial charge on any atom is 0.243 e. The molecule has 0 radical (unpaired) electrons. The van der Waals surface area contributed by atoms with Gasteiger partial charge >= 0.3 is 0 Å². The molecule has 1 heterocycles. The fourth-order valence-corrected chi connectivity index (χ4v) is 4.11. The molecule has 1 amide bonds. The van der Waals surface area contributed by atoms with Gasteiger partial charge in [0.1, 0.15) is 6.54 Å². The highest BCUT2D eigenvalue weighted by atomic mass is 16.5. The number of benzene rings is 1. The summed E-state index contributed by atoms with van der Waals surface area (Å²) in [5.41, 5.74) is 1.69. The van der Waals surface area contributed by atoms with E-state index in [0.717, 1.165) is 64.6 Å². The highest BCUT2D eigenvalue weighted by molar-refractivity contribution is 5.85. The molecule has 3 rings (SSSR count). The van der Waals surface area contributed by atoms with Crippen LogP contribution in [0.1, 0.15) is 44.6 Å². The zero-order valence-electron chi connectivity index (χ0n) is 20.1. The smallest absolute Gasteiger partial charge is 0.243 e. The largest absolute Gasteiger partial charge is 0.382 e. The van der Waals surface area contributed by atoms with Crippen molar-refractivity contribution in [3.8, 4) is 0 Å². The Kier molecular flexibility index (Phi) is 9.36. The van der Waals surface area contributed by atoms with Gasteiger partial charge in [-0.15, -0.1) is 0 Å². The average Bonchev–Trinajstić information content (AvgIpc) is 3.57. The standard InChI is InChI=1S/C25H41N5O2/c1-4-32-17-14-25(12-13-25)20-27-24(26-18-23(31)29(2)3)28-22-10-15-30(16-11-22)19-21-8-6-5-7-9-21/h5-9,22H,4,10-20H2,1-3H3,(H2,26,27,28). The van der Waals surface area contributed by atoms with Crippen molar-refractivity contribution < 1.29 is 9.53 Å². The van der Waals surface area contributed by atoms with Gasteiger partial charge < -0.3 is 20.3 Å². The van der Waals surface area contributed by atoms with Gasteiger partial charge in [-0.25, -0.2) is 4.99 Å². The molecule has 0 aromatic heterocycles. The second kappa shape index (κ2) is 12.2. The van der Waals surface area contributed by atoms with Gasteiger partial charge in [-0.1, -0.05) is 30.3 Å². The van der Waals surface area contributed by atoms with Gasteiger partial charge in [0.05, 0.1) is 0 Å². The first kappa shape index (κ1) is 24.5. The highest BCUT2D eigenvalue weighted by Crippen LogP contribution is 2.48. The Hall–Kier alpha value is -2.12. The van der Waals surface area contributed by atoms with E-state index < -0.39 is 0 Å². The van der Waals surface area contributed by atoms with Crippen LogP contribution in [0.4, 0.5) is 0 Å². The number of likely N-dealkylation sites (N-methyl/N-ethyl adjacent to an activating group) is 1. The molecule has 1 saturated carbocycles. The minimum absolute atomic E-state index is 0.0151. The second-order valence-corrected chi connectivity index (χ2v) is 9.43. The molecule has 32 heavy (non-hydrogen) atoms. The van der Waals surface area contributed by atoms with Crippen LogP contribution in [0.2, 0.25) is 0 Å². The minimum Gasteiger partial charge on any atom is -0.382 e. The molecule has 0 spiro atoms. The molecule has 178 valence electrons. The molecule has 0 unspecified atom stereocenters. The maximum atomic E-state index is 12.1. The molecule has 2 aliphatic rings. The lowest BCUT2D eigenvalue weighted by Gasteiger charge is -2.33. The number of nitrogens with zero attached hydrogens (tertiary/aromatic N) is 3. The van der Waals surface area contributed by atoms with Crippen LogP contribution in [0.15, 0.2) is 35.3 Å². The average molecular weight is 444 g/mol. The number of carbonyl (C=O) groups excluding carboxylic acids is 1. The first-order valence-electron chi connectivity index (χ1n) is 12.1. The van der Waals surface area contributed by atoms with E-state index >= 15 is 0 Å². The van der Waals surface area contributed by atoms with Crippen LogP contribution in [0, 0.1) is 5.41 Å². The van der Waals surface area contributed by atoms with Crippen LogP contribution in [-0.4, -0.2) is 81.2 Å². The molecule has 7 heteroatoms. The summed E-state index contributed by atoms with van der Waals surface area (Å²) in [6.45, 7) is 7.82. The third kappa shape index (κ3) is 8.10. The third-order valence-electron chi connectivity index (χ3n) is 6.62. The number of carbonyl (C=O) groups is 1. The van der Waals surface area contributed by atoms with Crippen LogP contribution >= 0.6 is 0 Å². The predicted octanol–water partition coefficient (Wildman–Crippen LogP) is 2.48. The van der Waals surface area contributed by atoms with Crippen molar-refractivity contribution >= 4 is 11.9 Å². The van der Waals surface area contributed by atoms with Crippen molar-refractivity contribution in [2.45, 2.75) is 51.6 Å². The van der Waals surface area contributed by atoms with E-state index in [1.54, 1.807) is 19.0 Å². The second-order valence-electron chi connectivity index (χ2n) is 9.43. The molecule has 0 atom stereocenters. The van der Waals surface area contributed by atoms with E-state index in [9.17, 15) is 4.79 Å². The molecule has 0 bridgehead atoms. The Morgan fingerprint density at radius 2 is 1.94 bits per heavy atom. The lowest BCUT2D eigenvalue weighted by molar-refractivity contribution is -0.127. The molecule has 2 N–H and O–H groups in total. The van der Waals surface area contributed by atoms with Gasteiger partial charge in [0.15, 0.2) is 5.96 Å². The quantitative estimate of drug-likeness (QED) is 0.312. The van der Waals surface area contributed by atoms with Crippen molar-refractivity contribution in [2.75, 3.05) is 53.5 Å². The predicted molar refractivity (Wildman–Crippen MR) is 130 cm³/mol. The number of ether oxygens (including phenoxy) is 1. The number of likely N-dealkylation sites (tertiary alicyclic amines) is 1. The Bertz CT molecular complexity index is 725. The number of aliphatic imine (C=N–C) groups is 1. The van der Waals surface area contributed by atoms with Crippen LogP contribution < -0.4 is 10.6 Å². The van der Waals surface area contributed by atoms with Crippen molar-refractivity contribution in [2.24, 2.45) is 10.4 Å². The first-order valence-corrected chi connectivity index (χ1v) is 12.1. The topological polar surface area (TPSA) is 69.2 Å². The van der Waals surface area contributed by atoms with Crippen molar-refractivity contribution in [3.63, 3.8) is 0 Å². The van der Waals surface area contributed by atoms with E-state index in [0.29, 0.717) is 11.5 Å². The summed E-state index contributed by atoms with van der Waals surface area (Å²) in [5.74, 6) is 0.783. The number of hydrogen-bond donors (Lipinski definition) is 2. The molecule has 2 fully saturated rings. The number of amides is 1. The van der Waals surface area contributed by atoms with E-state index in [4.69, 9.17) is 4.74 Å². The van der Waals surface area contributed by atoms with E-state index in [1.807, 2.05) is 6.92 Å². The number of piperidine rings is 1. The molecule has 1 aromatic rings. The van der Waals surface area contributed by atoms with Gasteiger partial charge in [0.25, 0.3) is 0 Å². The van der Waals surface area contributed by atoms with E-state index in [2.05, 4.69) is 50.9 Å². The Morgan fingerprint density at radius 3 is 2.56 bits per heavy atom. The monoisotopic (exact) mass is 443 g/mol. The summed E-state index contributed by atoms with van der Waals surface area (Å²) in [6, 6.07) is 11.0. The fourth-order valence-electron chi connectivity index (χ4n) is 4.11. The molecule has 1 saturated heterocycles. The first-order chi connectivity index (χ1) is 15.5. The van der Waals surface area contributed by atoms with Crippen LogP contribution in [0.3, 0.4) is 0 Å². The number of nitrogens with one attached hydrogen (secondary N) is 2. The summed E-state index contributed by atoms with van der Waals surface area (Å²) in [5, 5.41) is 7.15. The molecular formula is C25H41N5O2. The van der Waals surface area contributed by atoms with Crippen LogP contribution in [-0.2, 0) is 16.1 Å². The summed E-state index contributed by atoms with van der Waals surface area (Å²) in [4.78, 5) is 20.8. The molecular weight excluding hydrogens is 402 g/mol. The van der Waals surface area contributed by atoms with Crippen LogP contribution in [0.5, 0.6) is 0 Å². The van der Waals surface area contributed by atoms with Crippen molar-refractivity contribution in [1.29, 1.82) is 0 Å². The molecule has 1 aromatic carbocycles. The zero-order valence-corrected chi connectivity index (χ0v) is 20.1. The lowest BCUT2D eigenvalue weighted by atomic mass is 10.0. The number of hydrogen-bond acceptors (Lipinski definition) is 4. The Labute approximate surface area is 193 Å². The lowest BCUT2D eigenvalue weighted by Crippen LogP contribution is -2.49. The highest BCUT2D eigenvalue weighted by Gasteiger charge is 2.42. The summed E-state index contributed by atoms with van der Waals surface area (Å²) in [7, 11) is 3.54. The van der Waals surface area contributed by atoms with Gasteiger partial charge in [-0.05, 0) is 50.0 Å². The van der Waals surface area contributed by atoms with Gasteiger partial charge in [-0.3, -0.25) is 9.69 Å². The molecule has 7 nitrogen and oxygen atoms in total. The van der Waals surface area contributed by atoms with Crippen LogP contribution in [0.25, 0.3) is 0 Å². The normalized spacial score (nSPS) is 18.9. The summed E-state index contributed by atoms with van der Waals surface area (Å²) in [6.07, 6.45) is 5.69. The van der Waals surface area contributed by atoms with E-state index in [-0.39, 0.29) is 12.5 Å². The molecule has 1 aliphatic carbocycles. The van der Waals surface area contributed by atoms with E-state index in [1.165, 1.54) is 18.4 Å². The fraction of sp³-hybridized carbons (Fsp3) is 0.680.